The monoisotopic (exact) mass is 666 g/mol. The number of nitrogens with zero attached hydrogens (tertiary/aromatic N) is 2. The normalized spacial score (nSPS) is 17.4. The second-order valence-electron chi connectivity index (χ2n) is 11.6. The maximum atomic E-state index is 13.4. The van der Waals surface area contributed by atoms with E-state index in [1.165, 1.54) is 29.2 Å². The molecule has 3 rings (SSSR count). The molecule has 0 bridgehead atoms. The molecular formula is C29H38N4O10S2. The molecule has 0 saturated carbocycles. The number of nitro groups is 1. The van der Waals surface area contributed by atoms with Gasteiger partial charge in [-0.1, -0.05) is 27.7 Å². The first kappa shape index (κ1) is 35.6. The molecule has 0 spiro atoms. The van der Waals surface area contributed by atoms with Crippen LogP contribution in [0.2, 0.25) is 0 Å². The maximum Gasteiger partial charge on any atom is 0.410 e. The zero-order valence-electron chi connectivity index (χ0n) is 25.3. The molecule has 2 aromatic carbocycles. The van der Waals surface area contributed by atoms with Crippen molar-refractivity contribution in [2.75, 3.05) is 11.9 Å². The second-order valence-corrected chi connectivity index (χ2v) is 13.5. The van der Waals surface area contributed by atoms with E-state index in [1.54, 1.807) is 0 Å². The van der Waals surface area contributed by atoms with Gasteiger partial charge in [-0.05, 0) is 72.3 Å². The van der Waals surface area contributed by atoms with Crippen LogP contribution in [0.5, 0.6) is 5.75 Å². The quantitative estimate of drug-likeness (QED) is 0.0618. The van der Waals surface area contributed by atoms with E-state index in [1.807, 2.05) is 27.7 Å². The van der Waals surface area contributed by atoms with Crippen LogP contribution >= 0.6 is 12.2 Å². The molecule has 0 radical (unpaired) electrons. The number of benzene rings is 2. The van der Waals surface area contributed by atoms with Crippen LogP contribution in [0.15, 0.2) is 47.4 Å². The summed E-state index contributed by atoms with van der Waals surface area (Å²) >= 11 is 5.48. The summed E-state index contributed by atoms with van der Waals surface area (Å²) in [6.45, 7) is 7.99. The number of carbonyl (C=O) groups excluding carboxylic acids is 2. The van der Waals surface area contributed by atoms with Gasteiger partial charge in [0.15, 0.2) is 11.3 Å². The SMILES string of the molecule is CC(C)C(C(C)C)C(N)OC(=S)C[C@@H]1C[C@@H](C(=O)Nc2cc(S(=O)(=O)O)ccc2O)N(C(=O)OCc2ccc([N+](=O)[O-])cc2)C1. The largest absolute Gasteiger partial charge is 0.506 e. The van der Waals surface area contributed by atoms with E-state index in [4.69, 9.17) is 27.4 Å². The van der Waals surface area contributed by atoms with Crippen molar-refractivity contribution in [3.05, 3.63) is 58.1 Å². The number of rotatable bonds is 12. The predicted octanol–water partition coefficient (Wildman–Crippen LogP) is 4.46. The molecule has 246 valence electrons. The van der Waals surface area contributed by atoms with Crippen LogP contribution in [0.25, 0.3) is 0 Å². The molecule has 1 aliphatic heterocycles. The Bertz CT molecular complexity index is 1510. The van der Waals surface area contributed by atoms with Crippen LogP contribution < -0.4 is 11.1 Å². The highest BCUT2D eigenvalue weighted by Crippen LogP contribution is 2.32. The van der Waals surface area contributed by atoms with E-state index >= 15 is 0 Å². The third-order valence-corrected chi connectivity index (χ3v) is 8.71. The molecule has 0 aromatic heterocycles. The minimum absolute atomic E-state index is 0.0297. The zero-order valence-corrected chi connectivity index (χ0v) is 26.9. The van der Waals surface area contributed by atoms with Gasteiger partial charge < -0.3 is 19.9 Å². The smallest absolute Gasteiger partial charge is 0.410 e. The van der Waals surface area contributed by atoms with Gasteiger partial charge in [0.05, 0.1) is 15.5 Å². The number of nitrogens with two attached hydrogens (primary N) is 1. The van der Waals surface area contributed by atoms with Crippen LogP contribution in [0.3, 0.4) is 0 Å². The van der Waals surface area contributed by atoms with Crippen LogP contribution in [-0.4, -0.2) is 63.8 Å². The average Bonchev–Trinajstić information content (AvgIpc) is 3.35. The Morgan fingerprint density at radius 3 is 2.33 bits per heavy atom. The number of aromatic hydroxyl groups is 1. The molecule has 1 aliphatic rings. The number of amides is 2. The number of likely N-dealkylation sites (tertiary alicyclic amines) is 1. The fourth-order valence-corrected chi connectivity index (χ4v) is 6.35. The number of hydrogen-bond donors (Lipinski definition) is 4. The van der Waals surface area contributed by atoms with Crippen molar-refractivity contribution in [3.8, 4) is 5.75 Å². The van der Waals surface area contributed by atoms with E-state index in [0.717, 1.165) is 18.2 Å². The lowest BCUT2D eigenvalue weighted by Crippen LogP contribution is -2.43. The number of nitrogens with one attached hydrogen (secondary N) is 1. The Morgan fingerprint density at radius 1 is 1.16 bits per heavy atom. The zero-order chi connectivity index (χ0) is 33.6. The molecule has 1 unspecified atom stereocenters. The van der Waals surface area contributed by atoms with Crippen molar-refractivity contribution in [2.24, 2.45) is 29.4 Å². The Balaban J connectivity index is 1.78. The number of thiocarbonyl (C=S) groups is 1. The molecule has 1 saturated heterocycles. The number of phenolic OH excluding ortho intramolecular Hbond substituents is 1. The van der Waals surface area contributed by atoms with Gasteiger partial charge in [-0.3, -0.25) is 30.1 Å². The Labute approximate surface area is 266 Å². The number of non-ortho nitro benzene ring substituents is 1. The molecule has 2 aromatic rings. The molecular weight excluding hydrogens is 628 g/mol. The first-order chi connectivity index (χ1) is 21.0. The summed E-state index contributed by atoms with van der Waals surface area (Å²) in [6, 6.07) is 7.14. The molecule has 5 N–H and O–H groups in total. The van der Waals surface area contributed by atoms with Gasteiger partial charge in [0.25, 0.3) is 15.8 Å². The molecule has 1 heterocycles. The van der Waals surface area contributed by atoms with Crippen molar-refractivity contribution in [1.29, 1.82) is 0 Å². The first-order valence-corrected chi connectivity index (χ1v) is 16.1. The molecule has 3 atom stereocenters. The van der Waals surface area contributed by atoms with Crippen LogP contribution in [0.4, 0.5) is 16.2 Å². The second kappa shape index (κ2) is 14.9. The third kappa shape index (κ3) is 9.56. The minimum atomic E-state index is -4.63. The van der Waals surface area contributed by atoms with Gasteiger partial charge in [0.2, 0.25) is 5.91 Å². The lowest BCUT2D eigenvalue weighted by atomic mass is 9.84. The summed E-state index contributed by atoms with van der Waals surface area (Å²) in [5, 5.41) is 23.8. The lowest BCUT2D eigenvalue weighted by Gasteiger charge is -2.31. The topological polar surface area (TPSA) is 212 Å². The summed E-state index contributed by atoms with van der Waals surface area (Å²) in [6.07, 6.45) is -1.19. The molecule has 14 nitrogen and oxygen atoms in total. The third-order valence-electron chi connectivity index (χ3n) is 7.60. The maximum absolute atomic E-state index is 13.4. The number of anilines is 1. The summed E-state index contributed by atoms with van der Waals surface area (Å²) < 4.78 is 43.9. The van der Waals surface area contributed by atoms with Crippen molar-refractivity contribution in [1.82, 2.24) is 4.90 Å². The van der Waals surface area contributed by atoms with Crippen LogP contribution in [0, 0.1) is 33.8 Å². The Kier molecular flexibility index (Phi) is 11.8. The summed E-state index contributed by atoms with van der Waals surface area (Å²) in [5.41, 5.74) is 6.38. The summed E-state index contributed by atoms with van der Waals surface area (Å²) in [5.74, 6) is -1.07. The summed E-state index contributed by atoms with van der Waals surface area (Å²) in [4.78, 5) is 37.7. The van der Waals surface area contributed by atoms with Crippen LogP contribution in [-0.2, 0) is 31.0 Å². The fourth-order valence-electron chi connectivity index (χ4n) is 5.50. The molecule has 16 heteroatoms. The highest BCUT2D eigenvalue weighted by atomic mass is 32.2. The average molecular weight is 667 g/mol. The van der Waals surface area contributed by atoms with Crippen molar-refractivity contribution >= 4 is 50.8 Å². The van der Waals surface area contributed by atoms with Crippen molar-refractivity contribution < 1.29 is 42.1 Å². The molecule has 1 fully saturated rings. The standard InChI is InChI=1S/C29H38N4O10S2/c1-16(2)26(17(3)4)27(30)43-25(44)12-19-11-23(28(35)31-22-13-21(45(39,40)41)9-10-24(22)34)32(14-19)29(36)42-15-18-5-7-20(8-6-18)33(37)38/h5-10,13,16-17,19,23,26-27,34H,11-12,14-15,30H2,1-4H3,(H,31,35)(H,39,40,41)/t19-,23-,27?/m0/s1. The Hall–Kier alpha value is -3.86. The van der Waals surface area contributed by atoms with E-state index < -0.39 is 50.0 Å². The fraction of sp³-hybridized carbons (Fsp3) is 0.483. The van der Waals surface area contributed by atoms with Crippen LogP contribution in [0.1, 0.15) is 46.1 Å². The number of carbonyl (C=O) groups is 2. The predicted molar refractivity (Wildman–Crippen MR) is 168 cm³/mol. The lowest BCUT2D eigenvalue weighted by molar-refractivity contribution is -0.384. The van der Waals surface area contributed by atoms with E-state index in [0.29, 0.717) is 5.56 Å². The van der Waals surface area contributed by atoms with Crippen molar-refractivity contribution in [3.63, 3.8) is 0 Å². The van der Waals surface area contributed by atoms with Gasteiger partial charge >= 0.3 is 6.09 Å². The molecule has 45 heavy (non-hydrogen) atoms. The summed E-state index contributed by atoms with van der Waals surface area (Å²) in [7, 11) is -4.63. The first-order valence-electron chi connectivity index (χ1n) is 14.2. The molecule has 0 aliphatic carbocycles. The minimum Gasteiger partial charge on any atom is -0.506 e. The van der Waals surface area contributed by atoms with Gasteiger partial charge in [0, 0.05) is 31.0 Å². The van der Waals surface area contributed by atoms with E-state index in [2.05, 4.69) is 5.32 Å². The van der Waals surface area contributed by atoms with E-state index in [9.17, 15) is 37.8 Å². The highest BCUT2D eigenvalue weighted by molar-refractivity contribution is 7.85. The molecule has 2 amide bonds. The van der Waals surface area contributed by atoms with E-state index in [-0.39, 0.29) is 66.1 Å². The van der Waals surface area contributed by atoms with Gasteiger partial charge in [-0.2, -0.15) is 8.42 Å². The number of nitro benzene ring substituents is 1. The van der Waals surface area contributed by atoms with Gasteiger partial charge in [0.1, 0.15) is 18.4 Å². The Morgan fingerprint density at radius 2 is 1.78 bits per heavy atom. The number of phenols is 1. The van der Waals surface area contributed by atoms with Crippen molar-refractivity contribution in [2.45, 2.75) is 64.3 Å². The van der Waals surface area contributed by atoms with Gasteiger partial charge in [-0.25, -0.2) is 4.79 Å². The highest BCUT2D eigenvalue weighted by Gasteiger charge is 2.41. The number of ether oxygens (including phenoxy) is 2. The van der Waals surface area contributed by atoms with Gasteiger partial charge in [-0.15, -0.1) is 0 Å². The number of hydrogen-bond acceptors (Lipinski definition) is 11.